The van der Waals surface area contributed by atoms with Gasteiger partial charge in [0.05, 0.1) is 0 Å². The van der Waals surface area contributed by atoms with Gasteiger partial charge in [-0.05, 0) is 50.4 Å². The van der Waals surface area contributed by atoms with Gasteiger partial charge in [-0.2, -0.15) is 0 Å². The molecule has 0 saturated carbocycles. The van der Waals surface area contributed by atoms with Crippen LogP contribution in [0.1, 0.15) is 42.9 Å². The predicted molar refractivity (Wildman–Crippen MR) is 118 cm³/mol. The van der Waals surface area contributed by atoms with Gasteiger partial charge >= 0.3 is 0 Å². The summed E-state index contributed by atoms with van der Waals surface area (Å²) in [6.07, 6.45) is 6.39. The van der Waals surface area contributed by atoms with E-state index < -0.39 is 0 Å². The van der Waals surface area contributed by atoms with Gasteiger partial charge in [0.25, 0.3) is 11.1 Å². The summed E-state index contributed by atoms with van der Waals surface area (Å²) in [5.74, 6) is 0.437. The van der Waals surface area contributed by atoms with Crippen molar-refractivity contribution < 1.29 is 4.79 Å². The molecule has 2 saturated heterocycles. The molecule has 0 aliphatic carbocycles. The first-order chi connectivity index (χ1) is 15.1. The van der Waals surface area contributed by atoms with Crippen molar-refractivity contribution in [1.29, 1.82) is 0 Å². The second-order valence-electron chi connectivity index (χ2n) is 9.30. The van der Waals surface area contributed by atoms with Gasteiger partial charge in [-0.3, -0.25) is 19.3 Å². The molecule has 0 spiro atoms. The molecule has 3 aliphatic rings. The normalized spacial score (nSPS) is 23.4. The number of carbonyl (C=O) groups excluding carboxylic acids is 1. The molecule has 0 radical (unpaired) electrons. The minimum Gasteiger partial charge on any atom is -0.340 e. The molecule has 3 aliphatic heterocycles. The molecule has 0 N–H and O–H groups in total. The van der Waals surface area contributed by atoms with Crippen molar-refractivity contribution in [2.45, 2.75) is 51.2 Å². The zero-order chi connectivity index (χ0) is 21.4. The highest BCUT2D eigenvalue weighted by atomic mass is 16.2. The van der Waals surface area contributed by atoms with Gasteiger partial charge in [-0.1, -0.05) is 18.6 Å². The summed E-state index contributed by atoms with van der Waals surface area (Å²) < 4.78 is 3.43. The van der Waals surface area contributed by atoms with E-state index in [1.165, 1.54) is 29.9 Å². The van der Waals surface area contributed by atoms with Crippen LogP contribution < -0.4 is 11.1 Å². The monoisotopic (exact) mass is 422 g/mol. The smallest absolute Gasteiger partial charge is 0.255 e. The third kappa shape index (κ3) is 4.11. The molecule has 0 aromatic carbocycles. The van der Waals surface area contributed by atoms with E-state index in [0.29, 0.717) is 19.6 Å². The van der Waals surface area contributed by atoms with Crippen LogP contribution in [-0.4, -0.2) is 51.0 Å². The standard InChI is InChI=1S/C24H30N4O3/c29-22-6-2-5-11-26(22)17-23(30)27-13-18-12-20(16-27)21-8-7-19(24(31)28(21)14-18)15-25-9-3-1-4-10-25/h2,5-8,11,18,20H,1,3-4,9-10,12-17H2/t18-,20+/m0/s1. The molecule has 5 rings (SSSR count). The third-order valence-corrected chi connectivity index (χ3v) is 7.08. The van der Waals surface area contributed by atoms with Crippen LogP contribution in [0.25, 0.3) is 0 Å². The number of pyridine rings is 2. The molecule has 2 aromatic rings. The van der Waals surface area contributed by atoms with Gasteiger partial charge in [0.15, 0.2) is 0 Å². The molecule has 2 fully saturated rings. The fourth-order valence-electron chi connectivity index (χ4n) is 5.51. The van der Waals surface area contributed by atoms with E-state index in [1.807, 2.05) is 15.5 Å². The number of carbonyl (C=O) groups is 1. The Morgan fingerprint density at radius 3 is 2.61 bits per heavy atom. The van der Waals surface area contributed by atoms with E-state index in [9.17, 15) is 14.4 Å². The summed E-state index contributed by atoms with van der Waals surface area (Å²) in [5.41, 5.74) is 1.93. The zero-order valence-electron chi connectivity index (χ0n) is 17.9. The van der Waals surface area contributed by atoms with Crippen molar-refractivity contribution in [3.63, 3.8) is 0 Å². The Kier molecular flexibility index (Phi) is 5.52. The van der Waals surface area contributed by atoms with E-state index in [4.69, 9.17) is 0 Å². The predicted octanol–water partition coefficient (Wildman–Crippen LogP) is 1.64. The summed E-state index contributed by atoms with van der Waals surface area (Å²) >= 11 is 0. The average Bonchev–Trinajstić information content (AvgIpc) is 2.78. The SMILES string of the molecule is O=C(Cn1ccccc1=O)N1C[C@@H]2C[C@H](C1)c1ccc(CN3CCCCC3)c(=O)n1C2. The van der Waals surface area contributed by atoms with E-state index in [1.54, 1.807) is 18.3 Å². The maximum atomic E-state index is 13.2. The average molecular weight is 423 g/mol. The third-order valence-electron chi connectivity index (χ3n) is 7.08. The van der Waals surface area contributed by atoms with E-state index in [0.717, 1.165) is 37.3 Å². The number of amides is 1. The highest BCUT2D eigenvalue weighted by Crippen LogP contribution is 2.35. The first-order valence-corrected chi connectivity index (χ1v) is 11.5. The fraction of sp³-hybridized carbons (Fsp3) is 0.542. The molecule has 2 atom stereocenters. The minimum atomic E-state index is -0.161. The van der Waals surface area contributed by atoms with Crippen molar-refractivity contribution in [2.75, 3.05) is 26.2 Å². The Balaban J connectivity index is 1.32. The molecule has 1 amide bonds. The first-order valence-electron chi connectivity index (χ1n) is 11.5. The lowest BCUT2D eigenvalue weighted by Crippen LogP contribution is -2.50. The molecular formula is C24H30N4O3. The maximum absolute atomic E-state index is 13.2. The second kappa shape index (κ2) is 8.46. The van der Waals surface area contributed by atoms with Crippen LogP contribution in [-0.2, 0) is 24.4 Å². The highest BCUT2D eigenvalue weighted by Gasteiger charge is 2.36. The molecule has 2 aromatic heterocycles. The summed E-state index contributed by atoms with van der Waals surface area (Å²) in [6, 6.07) is 9.04. The summed E-state index contributed by atoms with van der Waals surface area (Å²) in [4.78, 5) is 42.4. The first kappa shape index (κ1) is 20.2. The van der Waals surface area contributed by atoms with Gasteiger partial charge in [-0.25, -0.2) is 0 Å². The summed E-state index contributed by atoms with van der Waals surface area (Å²) in [6.45, 7) is 4.90. The molecular weight excluding hydrogens is 392 g/mol. The van der Waals surface area contributed by atoms with Gasteiger partial charge in [0.1, 0.15) is 6.54 Å². The van der Waals surface area contributed by atoms with E-state index >= 15 is 0 Å². The van der Waals surface area contributed by atoms with Crippen LogP contribution in [0.15, 0.2) is 46.1 Å². The van der Waals surface area contributed by atoms with Crippen molar-refractivity contribution in [2.24, 2.45) is 5.92 Å². The molecule has 0 unspecified atom stereocenters. The number of likely N-dealkylation sites (tertiary alicyclic amines) is 2. The lowest BCUT2D eigenvalue weighted by Gasteiger charge is -2.43. The molecule has 5 heterocycles. The lowest BCUT2D eigenvalue weighted by atomic mass is 9.83. The van der Waals surface area contributed by atoms with Crippen molar-refractivity contribution >= 4 is 5.91 Å². The number of hydrogen-bond acceptors (Lipinski definition) is 4. The van der Waals surface area contributed by atoms with Crippen LogP contribution in [0.4, 0.5) is 0 Å². The molecule has 31 heavy (non-hydrogen) atoms. The fourth-order valence-corrected chi connectivity index (χ4v) is 5.51. The number of fused-ring (bicyclic) bond motifs is 4. The molecule has 2 bridgehead atoms. The molecule has 164 valence electrons. The van der Waals surface area contributed by atoms with Crippen molar-refractivity contribution in [3.05, 3.63) is 68.5 Å². The zero-order valence-corrected chi connectivity index (χ0v) is 17.9. The quantitative estimate of drug-likeness (QED) is 0.751. The second-order valence-corrected chi connectivity index (χ2v) is 9.30. The summed E-state index contributed by atoms with van der Waals surface area (Å²) in [7, 11) is 0. The summed E-state index contributed by atoms with van der Waals surface area (Å²) in [5, 5.41) is 0. The van der Waals surface area contributed by atoms with Crippen LogP contribution in [0.3, 0.4) is 0 Å². The van der Waals surface area contributed by atoms with Crippen LogP contribution in [0.5, 0.6) is 0 Å². The van der Waals surface area contributed by atoms with Crippen molar-refractivity contribution in [1.82, 2.24) is 18.9 Å². The Bertz CT molecular complexity index is 1080. The van der Waals surface area contributed by atoms with Crippen molar-refractivity contribution in [3.8, 4) is 0 Å². The maximum Gasteiger partial charge on any atom is 0.255 e. The Morgan fingerprint density at radius 2 is 1.81 bits per heavy atom. The van der Waals surface area contributed by atoms with Crippen LogP contribution in [0.2, 0.25) is 0 Å². The van der Waals surface area contributed by atoms with Gasteiger partial charge in [0.2, 0.25) is 5.91 Å². The number of aromatic nitrogens is 2. The minimum absolute atomic E-state index is 0.0273. The highest BCUT2D eigenvalue weighted by molar-refractivity contribution is 5.76. The van der Waals surface area contributed by atoms with E-state index in [2.05, 4.69) is 11.0 Å². The Labute approximate surface area is 181 Å². The molecule has 7 heteroatoms. The van der Waals surface area contributed by atoms with Gasteiger partial charge < -0.3 is 14.0 Å². The topological polar surface area (TPSA) is 67.6 Å². The van der Waals surface area contributed by atoms with Crippen LogP contribution >= 0.6 is 0 Å². The number of nitrogens with zero attached hydrogens (tertiary/aromatic N) is 4. The van der Waals surface area contributed by atoms with E-state index in [-0.39, 0.29) is 35.4 Å². The largest absolute Gasteiger partial charge is 0.340 e. The number of rotatable bonds is 4. The Morgan fingerprint density at radius 1 is 0.968 bits per heavy atom. The van der Waals surface area contributed by atoms with Crippen LogP contribution in [0, 0.1) is 5.92 Å². The number of hydrogen-bond donors (Lipinski definition) is 0. The Hall–Kier alpha value is -2.67. The number of piperidine rings is 2. The van der Waals surface area contributed by atoms with Gasteiger partial charge in [0, 0.05) is 55.6 Å². The molecule has 7 nitrogen and oxygen atoms in total. The lowest BCUT2D eigenvalue weighted by molar-refractivity contribution is -0.134. The van der Waals surface area contributed by atoms with Gasteiger partial charge in [-0.15, -0.1) is 0 Å².